The van der Waals surface area contributed by atoms with Crippen LogP contribution < -0.4 is 0 Å². The van der Waals surface area contributed by atoms with Gasteiger partial charge in [-0.2, -0.15) is 0 Å². The normalized spacial score (nSPS) is 12.7. The Morgan fingerprint density at radius 2 is 1.35 bits per heavy atom. The van der Waals surface area contributed by atoms with Gasteiger partial charge in [0.2, 0.25) is 0 Å². The first-order valence-electron chi connectivity index (χ1n) is 7.04. The number of rotatable bonds is 10. The molecule has 0 saturated heterocycles. The van der Waals surface area contributed by atoms with Crippen molar-refractivity contribution < 1.29 is 5.11 Å². The Morgan fingerprint density at radius 1 is 0.882 bits per heavy atom. The predicted octanol–water partition coefficient (Wildman–Crippen LogP) is 2.06. The molecular formula is C14H32N2O. The molecule has 0 heterocycles. The van der Waals surface area contributed by atoms with Crippen molar-refractivity contribution in [3.05, 3.63) is 0 Å². The summed E-state index contributed by atoms with van der Waals surface area (Å²) in [6, 6.07) is 0. The lowest BCUT2D eigenvalue weighted by molar-refractivity contribution is 0.103. The third-order valence-electron chi connectivity index (χ3n) is 3.37. The summed E-state index contributed by atoms with van der Waals surface area (Å²) in [7, 11) is 0. The highest BCUT2D eigenvalue weighted by molar-refractivity contribution is 4.72. The summed E-state index contributed by atoms with van der Waals surface area (Å²) >= 11 is 0. The van der Waals surface area contributed by atoms with Crippen LogP contribution in [0.5, 0.6) is 0 Å². The lowest BCUT2D eigenvalue weighted by atomic mass is 9.94. The highest BCUT2D eigenvalue weighted by atomic mass is 16.3. The molecule has 17 heavy (non-hydrogen) atoms. The molecule has 0 amide bonds. The Bertz CT molecular complexity index is 179. The standard InChI is InChI=1S/C14H32N2O/c1-6-15(7-2)10-9-11-16(8-3)12-14(4,5)13-17/h17H,6-13H2,1-5H3. The second-order valence-electron chi connectivity index (χ2n) is 5.57. The van der Waals surface area contributed by atoms with E-state index >= 15 is 0 Å². The van der Waals surface area contributed by atoms with E-state index in [-0.39, 0.29) is 12.0 Å². The van der Waals surface area contributed by atoms with Crippen molar-refractivity contribution in [3.63, 3.8) is 0 Å². The van der Waals surface area contributed by atoms with E-state index in [4.69, 9.17) is 0 Å². The van der Waals surface area contributed by atoms with Gasteiger partial charge in [-0.1, -0.05) is 34.6 Å². The minimum Gasteiger partial charge on any atom is -0.396 e. The molecule has 3 nitrogen and oxygen atoms in total. The molecule has 0 bridgehead atoms. The van der Waals surface area contributed by atoms with Gasteiger partial charge in [0.25, 0.3) is 0 Å². The van der Waals surface area contributed by atoms with Gasteiger partial charge in [-0.15, -0.1) is 0 Å². The molecule has 0 aliphatic carbocycles. The third-order valence-corrected chi connectivity index (χ3v) is 3.37. The van der Waals surface area contributed by atoms with Gasteiger partial charge in [0.05, 0.1) is 0 Å². The van der Waals surface area contributed by atoms with Crippen LogP contribution >= 0.6 is 0 Å². The zero-order valence-electron chi connectivity index (χ0n) is 12.5. The molecule has 0 aliphatic rings. The lowest BCUT2D eigenvalue weighted by Gasteiger charge is -2.31. The zero-order valence-corrected chi connectivity index (χ0v) is 12.5. The van der Waals surface area contributed by atoms with Gasteiger partial charge in [-0.3, -0.25) is 0 Å². The van der Waals surface area contributed by atoms with E-state index in [1.165, 1.54) is 13.0 Å². The van der Waals surface area contributed by atoms with Crippen molar-refractivity contribution in [1.29, 1.82) is 0 Å². The van der Waals surface area contributed by atoms with Crippen LogP contribution in [0.4, 0.5) is 0 Å². The van der Waals surface area contributed by atoms with Crippen LogP contribution in [0, 0.1) is 5.41 Å². The van der Waals surface area contributed by atoms with E-state index in [1.54, 1.807) is 0 Å². The fourth-order valence-electron chi connectivity index (χ4n) is 2.06. The molecule has 0 unspecified atom stereocenters. The maximum absolute atomic E-state index is 9.29. The number of hydrogen-bond donors (Lipinski definition) is 1. The van der Waals surface area contributed by atoms with E-state index < -0.39 is 0 Å². The topological polar surface area (TPSA) is 26.7 Å². The first kappa shape index (κ1) is 16.9. The highest BCUT2D eigenvalue weighted by Gasteiger charge is 2.19. The molecule has 0 aromatic rings. The van der Waals surface area contributed by atoms with Gasteiger partial charge in [-0.05, 0) is 39.1 Å². The van der Waals surface area contributed by atoms with Crippen LogP contribution in [0.2, 0.25) is 0 Å². The molecule has 0 atom stereocenters. The molecule has 0 rings (SSSR count). The van der Waals surface area contributed by atoms with Crippen LogP contribution in [-0.4, -0.2) is 60.8 Å². The molecule has 0 radical (unpaired) electrons. The maximum Gasteiger partial charge on any atom is 0.0494 e. The van der Waals surface area contributed by atoms with Crippen molar-refractivity contribution >= 4 is 0 Å². The van der Waals surface area contributed by atoms with Gasteiger partial charge < -0.3 is 14.9 Å². The first-order valence-corrected chi connectivity index (χ1v) is 7.04. The van der Waals surface area contributed by atoms with E-state index in [1.807, 2.05) is 0 Å². The Labute approximate surface area is 108 Å². The number of aliphatic hydroxyl groups is 1. The SMILES string of the molecule is CCN(CC)CCCN(CC)CC(C)(C)CO. The Kier molecular flexibility index (Phi) is 8.83. The van der Waals surface area contributed by atoms with Crippen molar-refractivity contribution in [2.45, 2.75) is 41.0 Å². The number of aliphatic hydroxyl groups excluding tert-OH is 1. The Hall–Kier alpha value is -0.120. The zero-order chi connectivity index (χ0) is 13.3. The molecular weight excluding hydrogens is 212 g/mol. The predicted molar refractivity (Wildman–Crippen MR) is 75.4 cm³/mol. The van der Waals surface area contributed by atoms with Gasteiger partial charge in [0, 0.05) is 18.6 Å². The van der Waals surface area contributed by atoms with Crippen LogP contribution in [-0.2, 0) is 0 Å². The fourth-order valence-corrected chi connectivity index (χ4v) is 2.06. The number of nitrogens with zero attached hydrogens (tertiary/aromatic N) is 2. The van der Waals surface area contributed by atoms with E-state index in [2.05, 4.69) is 44.4 Å². The monoisotopic (exact) mass is 244 g/mol. The molecule has 0 aromatic carbocycles. The summed E-state index contributed by atoms with van der Waals surface area (Å²) in [6.07, 6.45) is 1.22. The largest absolute Gasteiger partial charge is 0.396 e. The van der Waals surface area contributed by atoms with Gasteiger partial charge in [-0.25, -0.2) is 0 Å². The molecule has 0 aliphatic heterocycles. The summed E-state index contributed by atoms with van der Waals surface area (Å²) in [6.45, 7) is 17.8. The van der Waals surface area contributed by atoms with E-state index in [9.17, 15) is 5.11 Å². The summed E-state index contributed by atoms with van der Waals surface area (Å²) in [5.74, 6) is 0. The molecule has 1 N–H and O–H groups in total. The van der Waals surface area contributed by atoms with E-state index in [0.717, 1.165) is 32.7 Å². The summed E-state index contributed by atoms with van der Waals surface area (Å²) < 4.78 is 0. The summed E-state index contributed by atoms with van der Waals surface area (Å²) in [5, 5.41) is 9.29. The van der Waals surface area contributed by atoms with Crippen molar-refractivity contribution in [2.24, 2.45) is 5.41 Å². The Balaban J connectivity index is 3.90. The minimum absolute atomic E-state index is 0.0191. The number of hydrogen-bond acceptors (Lipinski definition) is 3. The van der Waals surface area contributed by atoms with Crippen molar-refractivity contribution in [3.8, 4) is 0 Å². The molecule has 104 valence electrons. The van der Waals surface area contributed by atoms with Crippen molar-refractivity contribution in [1.82, 2.24) is 9.80 Å². The first-order chi connectivity index (χ1) is 7.99. The lowest BCUT2D eigenvalue weighted by Crippen LogP contribution is -2.38. The van der Waals surface area contributed by atoms with Gasteiger partial charge in [0.1, 0.15) is 0 Å². The average Bonchev–Trinajstić information content (AvgIpc) is 2.33. The van der Waals surface area contributed by atoms with Crippen LogP contribution in [0.25, 0.3) is 0 Å². The van der Waals surface area contributed by atoms with Crippen molar-refractivity contribution in [2.75, 3.05) is 45.9 Å². The fraction of sp³-hybridized carbons (Fsp3) is 1.00. The maximum atomic E-state index is 9.29. The quantitative estimate of drug-likeness (QED) is 0.637. The third kappa shape index (κ3) is 7.74. The average molecular weight is 244 g/mol. The van der Waals surface area contributed by atoms with Crippen LogP contribution in [0.15, 0.2) is 0 Å². The Morgan fingerprint density at radius 3 is 1.76 bits per heavy atom. The molecule has 0 aromatic heterocycles. The smallest absolute Gasteiger partial charge is 0.0494 e. The molecule has 0 spiro atoms. The second kappa shape index (κ2) is 8.90. The molecule has 3 heteroatoms. The highest BCUT2D eigenvalue weighted by Crippen LogP contribution is 2.15. The second-order valence-corrected chi connectivity index (χ2v) is 5.57. The molecule has 0 saturated carbocycles. The van der Waals surface area contributed by atoms with Crippen LogP contribution in [0.1, 0.15) is 41.0 Å². The summed E-state index contributed by atoms with van der Waals surface area (Å²) in [5.41, 5.74) is 0.0191. The van der Waals surface area contributed by atoms with Crippen LogP contribution in [0.3, 0.4) is 0 Å². The van der Waals surface area contributed by atoms with E-state index in [0.29, 0.717) is 0 Å². The minimum atomic E-state index is 0.0191. The van der Waals surface area contributed by atoms with Gasteiger partial charge in [0.15, 0.2) is 0 Å². The summed E-state index contributed by atoms with van der Waals surface area (Å²) in [4.78, 5) is 4.91. The van der Waals surface area contributed by atoms with Gasteiger partial charge >= 0.3 is 0 Å². The molecule has 0 fully saturated rings.